The summed E-state index contributed by atoms with van der Waals surface area (Å²) in [6, 6.07) is 15.6. The van der Waals surface area contributed by atoms with Crippen molar-refractivity contribution in [3.8, 4) is 34.0 Å². The average Bonchev–Trinajstić information content (AvgIpc) is 2.78. The third kappa shape index (κ3) is 7.40. The van der Waals surface area contributed by atoms with Gasteiger partial charge in [0.05, 0.1) is 9.79 Å². The maximum Gasteiger partial charge on any atom is 1.00 e. The van der Waals surface area contributed by atoms with Crippen molar-refractivity contribution >= 4 is 20.2 Å². The van der Waals surface area contributed by atoms with Gasteiger partial charge in [0.15, 0.2) is 0 Å². The molecule has 2 heterocycles. The largest absolute Gasteiger partial charge is 1.00 e. The van der Waals surface area contributed by atoms with Gasteiger partial charge in [0.2, 0.25) is 5.82 Å². The Morgan fingerprint density at radius 2 is 1.22 bits per heavy atom. The van der Waals surface area contributed by atoms with Gasteiger partial charge in [-0.1, -0.05) is 30.3 Å². The van der Waals surface area contributed by atoms with Gasteiger partial charge in [0, 0.05) is 17.3 Å². The second kappa shape index (κ2) is 13.0. The number of hydrogen-bond acceptors (Lipinski definition) is 9. The Kier molecular flexibility index (Phi) is 12.0. The Labute approximate surface area is 228 Å². The fraction of sp³-hybridized carbons (Fsp3) is 0. The van der Waals surface area contributed by atoms with E-state index in [4.69, 9.17) is 0 Å². The quantitative estimate of drug-likeness (QED) is 0.195. The van der Waals surface area contributed by atoms with Gasteiger partial charge < -0.3 is 21.0 Å². The summed E-state index contributed by atoms with van der Waals surface area (Å²) in [6.07, 6.45) is 1.56. The molecule has 0 aliphatic heterocycles. The normalized spacial score (nSPS) is 10.6. The molecule has 7 N–H and O–H groups in total. The van der Waals surface area contributed by atoms with Crippen LogP contribution in [0.15, 0.2) is 82.7 Å². The number of pyridine rings is 1. The zero-order valence-electron chi connectivity index (χ0n) is 18.5. The molecular formula is C20H19N4NaO9S2. The van der Waals surface area contributed by atoms with Gasteiger partial charge in [-0.3, -0.25) is 9.54 Å². The fourth-order valence-corrected chi connectivity index (χ4v) is 3.84. The molecule has 36 heavy (non-hydrogen) atoms. The Balaban J connectivity index is 0.00000306. The van der Waals surface area contributed by atoms with Crippen molar-refractivity contribution < 1.29 is 71.9 Å². The van der Waals surface area contributed by atoms with Crippen molar-refractivity contribution in [1.82, 2.24) is 20.2 Å². The minimum absolute atomic E-state index is 0. The molecule has 0 amide bonds. The molecule has 4 rings (SSSR count). The average molecular weight is 547 g/mol. The van der Waals surface area contributed by atoms with Crippen LogP contribution in [0, 0.1) is 0 Å². The van der Waals surface area contributed by atoms with E-state index in [-0.39, 0.29) is 62.4 Å². The molecular weight excluding hydrogens is 527 g/mol. The summed E-state index contributed by atoms with van der Waals surface area (Å²) in [4.78, 5) is 8.02. The van der Waals surface area contributed by atoms with Crippen LogP contribution in [0.2, 0.25) is 0 Å². The van der Waals surface area contributed by atoms with Gasteiger partial charge in [-0.2, -0.15) is 8.42 Å². The topological polar surface area (TPSA) is 258 Å². The molecule has 186 valence electrons. The number of rotatable bonds is 5. The number of hydrogen-bond donors (Lipinski definition) is 1. The maximum atomic E-state index is 11.3. The zero-order chi connectivity index (χ0) is 22.9. The molecule has 0 atom stereocenters. The smallest absolute Gasteiger partial charge is 0.744 e. The Hall–Kier alpha value is -2.70. The molecule has 0 saturated heterocycles. The molecule has 0 bridgehead atoms. The van der Waals surface area contributed by atoms with Crippen LogP contribution in [0.4, 0.5) is 0 Å². The Morgan fingerprint density at radius 1 is 0.694 bits per heavy atom. The second-order valence-corrected chi connectivity index (χ2v) is 9.33. The molecule has 0 aliphatic carbocycles. The van der Waals surface area contributed by atoms with E-state index in [1.807, 2.05) is 0 Å². The Morgan fingerprint density at radius 3 is 1.69 bits per heavy atom. The van der Waals surface area contributed by atoms with Crippen molar-refractivity contribution in [1.29, 1.82) is 0 Å². The SMILES string of the molecule is O.O.O.O=S(=O)([O-])c1ccc(-c2nc(-c3ccccn3)nnc2-c2ccc(S(=O)(=O)O)cc2)cc1.[Na+]. The van der Waals surface area contributed by atoms with Gasteiger partial charge in [0.25, 0.3) is 10.1 Å². The van der Waals surface area contributed by atoms with Crippen molar-refractivity contribution in [2.24, 2.45) is 0 Å². The van der Waals surface area contributed by atoms with E-state index in [0.717, 1.165) is 12.1 Å². The summed E-state index contributed by atoms with van der Waals surface area (Å²) in [7, 11) is -8.99. The van der Waals surface area contributed by atoms with E-state index in [0.29, 0.717) is 22.5 Å². The molecule has 0 saturated carbocycles. The summed E-state index contributed by atoms with van der Waals surface area (Å²) >= 11 is 0. The minimum Gasteiger partial charge on any atom is -0.744 e. The van der Waals surface area contributed by atoms with E-state index in [1.165, 1.54) is 36.4 Å². The predicted octanol–water partition coefficient (Wildman–Crippen LogP) is -3.05. The van der Waals surface area contributed by atoms with Gasteiger partial charge in [-0.05, 0) is 36.4 Å². The second-order valence-electron chi connectivity index (χ2n) is 6.53. The molecule has 4 aromatic rings. The van der Waals surface area contributed by atoms with Crippen molar-refractivity contribution in [3.63, 3.8) is 0 Å². The number of benzene rings is 2. The molecule has 13 nitrogen and oxygen atoms in total. The molecule has 16 heteroatoms. The van der Waals surface area contributed by atoms with Crippen LogP contribution in [-0.4, -0.2) is 62.5 Å². The molecule has 0 spiro atoms. The van der Waals surface area contributed by atoms with Crippen molar-refractivity contribution in [2.45, 2.75) is 9.79 Å². The summed E-state index contributed by atoms with van der Waals surface area (Å²) < 4.78 is 65.6. The predicted molar refractivity (Wildman–Crippen MR) is 123 cm³/mol. The zero-order valence-corrected chi connectivity index (χ0v) is 22.2. The van der Waals surface area contributed by atoms with Gasteiger partial charge in [-0.25, -0.2) is 13.4 Å². The summed E-state index contributed by atoms with van der Waals surface area (Å²) in [6.45, 7) is 0. The Bertz CT molecular complexity index is 1500. The van der Waals surface area contributed by atoms with E-state index in [2.05, 4.69) is 20.2 Å². The third-order valence-corrected chi connectivity index (χ3v) is 6.14. The first-order valence-electron chi connectivity index (χ1n) is 8.93. The molecule has 0 aliphatic rings. The minimum atomic E-state index is -4.62. The first-order chi connectivity index (χ1) is 15.1. The van der Waals surface area contributed by atoms with Crippen LogP contribution in [0.3, 0.4) is 0 Å². The van der Waals surface area contributed by atoms with Crippen molar-refractivity contribution in [2.75, 3.05) is 0 Å². The number of nitrogens with zero attached hydrogens (tertiary/aromatic N) is 4. The van der Waals surface area contributed by atoms with Gasteiger partial charge >= 0.3 is 29.6 Å². The van der Waals surface area contributed by atoms with Crippen LogP contribution < -0.4 is 29.6 Å². The van der Waals surface area contributed by atoms with Crippen LogP contribution in [0.1, 0.15) is 0 Å². The monoisotopic (exact) mass is 546 g/mol. The van der Waals surface area contributed by atoms with Crippen molar-refractivity contribution in [3.05, 3.63) is 72.9 Å². The molecule has 2 aromatic carbocycles. The van der Waals surface area contributed by atoms with E-state index in [9.17, 15) is 25.9 Å². The molecule has 2 aromatic heterocycles. The third-order valence-electron chi connectivity index (χ3n) is 4.42. The first-order valence-corrected chi connectivity index (χ1v) is 11.8. The van der Waals surface area contributed by atoms with Gasteiger partial charge in [-0.15, -0.1) is 10.2 Å². The standard InChI is InChI=1S/C20H14N4O6S2.Na.3H2O/c25-31(26,27)15-8-4-13(5-9-15)18-19(14-6-10-16(11-7-14)32(28,29)30)23-24-20(22-18)17-3-1-2-12-21-17;;;;/h1-12H,(H,25,26,27)(H,28,29,30);;3*1H2/q;+1;;;/p-1. The number of aromatic nitrogens is 4. The first kappa shape index (κ1) is 33.3. The van der Waals surface area contributed by atoms with Gasteiger partial charge in [0.1, 0.15) is 27.2 Å². The summed E-state index contributed by atoms with van der Waals surface area (Å²) in [5.74, 6) is 0.208. The molecule has 0 unspecified atom stereocenters. The fourth-order valence-electron chi connectivity index (χ4n) is 2.89. The van der Waals surface area contributed by atoms with Crippen LogP contribution in [0.5, 0.6) is 0 Å². The molecule has 0 fully saturated rings. The molecule has 0 radical (unpaired) electrons. The van der Waals surface area contributed by atoms with Crippen LogP contribution in [-0.2, 0) is 20.2 Å². The van der Waals surface area contributed by atoms with Crippen LogP contribution in [0.25, 0.3) is 34.0 Å². The summed E-state index contributed by atoms with van der Waals surface area (Å²) in [5, 5.41) is 8.32. The van der Waals surface area contributed by atoms with E-state index in [1.54, 1.807) is 24.4 Å². The van der Waals surface area contributed by atoms with E-state index < -0.39 is 25.1 Å². The van der Waals surface area contributed by atoms with Crippen LogP contribution >= 0.6 is 0 Å². The maximum absolute atomic E-state index is 11.3. The van der Waals surface area contributed by atoms with E-state index >= 15 is 0 Å². The summed E-state index contributed by atoms with van der Waals surface area (Å²) in [5.41, 5.74) is 1.91.